The third kappa shape index (κ3) is 3.66. The van der Waals surface area contributed by atoms with Crippen molar-refractivity contribution in [2.24, 2.45) is 0 Å². The molecule has 0 bridgehead atoms. The molecule has 0 spiro atoms. The van der Waals surface area contributed by atoms with Crippen LogP contribution in [0.2, 0.25) is 0 Å². The first-order valence-corrected chi connectivity index (χ1v) is 11.3. The number of rotatable bonds is 4. The summed E-state index contributed by atoms with van der Waals surface area (Å²) in [6.45, 7) is 7.59. The van der Waals surface area contributed by atoms with E-state index in [1.54, 1.807) is 16.4 Å². The van der Waals surface area contributed by atoms with E-state index in [2.05, 4.69) is 11.0 Å². The standard InChI is InChI=1S/C21H27N3O3S/c1-16-5-7-18(8-6-16)28(25,26)24-11-3-4-20(24)19-9-10-21(22-17(19)2)23-12-14-27-15-13-23/h5-10,20H,3-4,11-15H2,1-2H3. The summed E-state index contributed by atoms with van der Waals surface area (Å²) >= 11 is 0. The molecule has 7 heteroatoms. The van der Waals surface area contributed by atoms with Crippen molar-refractivity contribution in [3.05, 3.63) is 53.2 Å². The van der Waals surface area contributed by atoms with Crippen molar-refractivity contribution in [3.63, 3.8) is 0 Å². The number of nitrogens with zero attached hydrogens (tertiary/aromatic N) is 3. The summed E-state index contributed by atoms with van der Waals surface area (Å²) in [5.41, 5.74) is 2.96. The molecule has 1 aromatic carbocycles. The summed E-state index contributed by atoms with van der Waals surface area (Å²) in [4.78, 5) is 7.37. The minimum Gasteiger partial charge on any atom is -0.378 e. The van der Waals surface area contributed by atoms with Gasteiger partial charge in [0.1, 0.15) is 5.82 Å². The zero-order valence-electron chi connectivity index (χ0n) is 16.5. The smallest absolute Gasteiger partial charge is 0.243 e. The van der Waals surface area contributed by atoms with E-state index >= 15 is 0 Å². The monoisotopic (exact) mass is 401 g/mol. The van der Waals surface area contributed by atoms with Gasteiger partial charge in [-0.15, -0.1) is 0 Å². The number of pyridine rings is 1. The summed E-state index contributed by atoms with van der Waals surface area (Å²) in [5, 5.41) is 0. The fourth-order valence-corrected chi connectivity index (χ4v) is 5.74. The second-order valence-corrected chi connectivity index (χ2v) is 9.42. The van der Waals surface area contributed by atoms with Crippen molar-refractivity contribution in [1.29, 1.82) is 0 Å². The molecule has 0 saturated carbocycles. The summed E-state index contributed by atoms with van der Waals surface area (Å²) in [5.74, 6) is 0.940. The molecule has 2 aliphatic rings. The van der Waals surface area contributed by atoms with Crippen LogP contribution < -0.4 is 4.90 Å². The van der Waals surface area contributed by atoms with Gasteiger partial charge >= 0.3 is 0 Å². The number of ether oxygens (including phenoxy) is 1. The Morgan fingerprint density at radius 1 is 1.00 bits per heavy atom. The molecule has 2 saturated heterocycles. The van der Waals surface area contributed by atoms with Gasteiger partial charge in [-0.1, -0.05) is 23.8 Å². The Kier molecular flexibility index (Phi) is 5.40. The number of benzene rings is 1. The predicted octanol–water partition coefficient (Wildman–Crippen LogP) is 3.06. The van der Waals surface area contributed by atoms with Gasteiger partial charge in [0.15, 0.2) is 0 Å². The van der Waals surface area contributed by atoms with E-state index in [9.17, 15) is 8.42 Å². The number of anilines is 1. The van der Waals surface area contributed by atoms with Gasteiger partial charge in [0.05, 0.1) is 24.2 Å². The third-order valence-electron chi connectivity index (χ3n) is 5.64. The number of hydrogen-bond acceptors (Lipinski definition) is 5. The number of hydrogen-bond donors (Lipinski definition) is 0. The number of aromatic nitrogens is 1. The largest absolute Gasteiger partial charge is 0.378 e. The average molecular weight is 402 g/mol. The molecule has 150 valence electrons. The van der Waals surface area contributed by atoms with Gasteiger partial charge in [0.25, 0.3) is 0 Å². The molecule has 1 atom stereocenters. The van der Waals surface area contributed by atoms with E-state index in [0.717, 1.165) is 48.6 Å². The lowest BCUT2D eigenvalue weighted by molar-refractivity contribution is 0.122. The second kappa shape index (κ2) is 7.81. The van der Waals surface area contributed by atoms with E-state index in [0.29, 0.717) is 24.7 Å². The Hall–Kier alpha value is -1.96. The van der Waals surface area contributed by atoms with Crippen LogP contribution in [-0.4, -0.2) is 50.6 Å². The fourth-order valence-electron chi connectivity index (χ4n) is 4.06. The van der Waals surface area contributed by atoms with Crippen LogP contribution in [0.4, 0.5) is 5.82 Å². The maximum absolute atomic E-state index is 13.2. The number of aryl methyl sites for hydroxylation is 2. The fraction of sp³-hybridized carbons (Fsp3) is 0.476. The van der Waals surface area contributed by atoms with Crippen LogP contribution in [0, 0.1) is 13.8 Å². The van der Waals surface area contributed by atoms with Crippen molar-refractivity contribution in [3.8, 4) is 0 Å². The molecule has 2 aliphatic heterocycles. The molecule has 0 aliphatic carbocycles. The van der Waals surface area contributed by atoms with Gasteiger partial charge in [-0.05, 0) is 50.5 Å². The van der Waals surface area contributed by atoms with Crippen LogP contribution in [0.5, 0.6) is 0 Å². The minimum atomic E-state index is -3.52. The van der Waals surface area contributed by atoms with Crippen LogP contribution in [0.25, 0.3) is 0 Å². The first kappa shape index (κ1) is 19.4. The van der Waals surface area contributed by atoms with E-state index < -0.39 is 10.0 Å². The molecular formula is C21H27N3O3S. The molecule has 1 aromatic heterocycles. The lowest BCUT2D eigenvalue weighted by atomic mass is 10.0. The van der Waals surface area contributed by atoms with Crippen LogP contribution in [0.1, 0.15) is 35.7 Å². The van der Waals surface area contributed by atoms with Gasteiger partial charge < -0.3 is 9.64 Å². The molecule has 0 N–H and O–H groups in total. The van der Waals surface area contributed by atoms with Crippen molar-refractivity contribution >= 4 is 15.8 Å². The molecule has 6 nitrogen and oxygen atoms in total. The molecule has 1 unspecified atom stereocenters. The van der Waals surface area contributed by atoms with E-state index in [1.165, 1.54) is 0 Å². The van der Waals surface area contributed by atoms with Crippen LogP contribution >= 0.6 is 0 Å². The lowest BCUT2D eigenvalue weighted by Gasteiger charge is -2.29. The van der Waals surface area contributed by atoms with Crippen LogP contribution in [0.3, 0.4) is 0 Å². The highest BCUT2D eigenvalue weighted by atomic mass is 32.2. The first-order chi connectivity index (χ1) is 13.5. The van der Waals surface area contributed by atoms with Crippen LogP contribution in [-0.2, 0) is 14.8 Å². The summed E-state index contributed by atoms with van der Waals surface area (Å²) < 4.78 is 33.5. The summed E-state index contributed by atoms with van der Waals surface area (Å²) in [7, 11) is -3.52. The Balaban J connectivity index is 1.62. The van der Waals surface area contributed by atoms with Crippen molar-refractivity contribution in [2.75, 3.05) is 37.7 Å². The zero-order chi connectivity index (χ0) is 19.7. The zero-order valence-corrected chi connectivity index (χ0v) is 17.3. The van der Waals surface area contributed by atoms with Gasteiger partial charge in [-0.2, -0.15) is 4.31 Å². The van der Waals surface area contributed by atoms with Gasteiger partial charge in [-0.3, -0.25) is 0 Å². The van der Waals surface area contributed by atoms with Crippen molar-refractivity contribution in [1.82, 2.24) is 9.29 Å². The lowest BCUT2D eigenvalue weighted by Crippen LogP contribution is -2.37. The predicted molar refractivity (Wildman–Crippen MR) is 109 cm³/mol. The first-order valence-electron chi connectivity index (χ1n) is 9.85. The molecule has 2 aromatic rings. The highest BCUT2D eigenvalue weighted by molar-refractivity contribution is 7.89. The second-order valence-electron chi connectivity index (χ2n) is 7.53. The SMILES string of the molecule is Cc1ccc(S(=O)(=O)N2CCCC2c2ccc(N3CCOCC3)nc2C)cc1. The Morgan fingerprint density at radius 3 is 2.39 bits per heavy atom. The highest BCUT2D eigenvalue weighted by Gasteiger charge is 2.37. The molecular weight excluding hydrogens is 374 g/mol. The third-order valence-corrected chi connectivity index (χ3v) is 7.56. The Labute approximate surface area is 167 Å². The van der Waals surface area contributed by atoms with E-state index in [1.807, 2.05) is 32.0 Å². The maximum Gasteiger partial charge on any atom is 0.243 e. The highest BCUT2D eigenvalue weighted by Crippen LogP contribution is 2.38. The maximum atomic E-state index is 13.2. The Morgan fingerprint density at radius 2 is 1.71 bits per heavy atom. The minimum absolute atomic E-state index is 0.155. The number of morpholine rings is 1. The van der Waals surface area contributed by atoms with E-state index in [4.69, 9.17) is 9.72 Å². The molecule has 0 amide bonds. The normalized spacial score (nSPS) is 21.2. The van der Waals surface area contributed by atoms with Gasteiger partial charge in [0.2, 0.25) is 10.0 Å². The van der Waals surface area contributed by atoms with E-state index in [-0.39, 0.29) is 6.04 Å². The molecule has 2 fully saturated rings. The Bertz CT molecular complexity index is 938. The topological polar surface area (TPSA) is 62.7 Å². The van der Waals surface area contributed by atoms with Crippen molar-refractivity contribution in [2.45, 2.75) is 37.6 Å². The molecule has 4 rings (SSSR count). The van der Waals surface area contributed by atoms with Crippen LogP contribution in [0.15, 0.2) is 41.3 Å². The van der Waals surface area contributed by atoms with Gasteiger partial charge in [-0.25, -0.2) is 13.4 Å². The van der Waals surface area contributed by atoms with Crippen molar-refractivity contribution < 1.29 is 13.2 Å². The summed E-state index contributed by atoms with van der Waals surface area (Å²) in [6, 6.07) is 11.0. The number of sulfonamides is 1. The molecule has 3 heterocycles. The quantitative estimate of drug-likeness (QED) is 0.788. The molecule has 28 heavy (non-hydrogen) atoms. The van der Waals surface area contributed by atoms with Gasteiger partial charge in [0, 0.05) is 25.3 Å². The molecule has 0 radical (unpaired) electrons. The summed E-state index contributed by atoms with van der Waals surface area (Å²) in [6.07, 6.45) is 1.69. The average Bonchev–Trinajstić information content (AvgIpc) is 3.19.